The van der Waals surface area contributed by atoms with Crippen molar-refractivity contribution >= 4 is 23.6 Å². The molecular formula is C20H19N3O4. The van der Waals surface area contributed by atoms with Crippen molar-refractivity contribution in [2.24, 2.45) is 5.73 Å². The number of nitrogens with one attached hydrogen (secondary N) is 1. The second-order valence-electron chi connectivity index (χ2n) is 5.41. The lowest BCUT2D eigenvalue weighted by molar-refractivity contribution is -0.120. The summed E-state index contributed by atoms with van der Waals surface area (Å²) < 4.78 is 10.5. The van der Waals surface area contributed by atoms with Crippen molar-refractivity contribution in [3.63, 3.8) is 0 Å². The van der Waals surface area contributed by atoms with E-state index in [2.05, 4.69) is 5.32 Å². The first-order valence-electron chi connectivity index (χ1n) is 8.19. The minimum Gasteiger partial charge on any atom is -0.494 e. The van der Waals surface area contributed by atoms with Gasteiger partial charge in [0, 0.05) is 5.69 Å². The Kier molecular flexibility index (Phi) is 6.97. The number of nitriles is 1. The zero-order valence-corrected chi connectivity index (χ0v) is 14.8. The fourth-order valence-electron chi connectivity index (χ4n) is 2.13. The number of benzene rings is 2. The number of rotatable bonds is 8. The molecule has 2 amide bonds. The molecule has 0 atom stereocenters. The molecule has 0 aromatic heterocycles. The number of hydrogen-bond donors (Lipinski definition) is 2. The number of anilines is 1. The van der Waals surface area contributed by atoms with Gasteiger partial charge in [-0.05, 0) is 55.0 Å². The first-order chi connectivity index (χ1) is 13.0. The molecular weight excluding hydrogens is 346 g/mol. The first kappa shape index (κ1) is 19.5. The van der Waals surface area contributed by atoms with Crippen molar-refractivity contribution in [1.82, 2.24) is 0 Å². The monoisotopic (exact) mass is 365 g/mol. The number of carbonyl (C=O) groups is 2. The van der Waals surface area contributed by atoms with E-state index in [0.717, 1.165) is 0 Å². The molecule has 0 radical (unpaired) electrons. The smallest absolute Gasteiger partial charge is 0.266 e. The summed E-state index contributed by atoms with van der Waals surface area (Å²) in [7, 11) is 0. The van der Waals surface area contributed by atoms with Crippen LogP contribution in [0.4, 0.5) is 5.69 Å². The molecule has 0 aliphatic heterocycles. The van der Waals surface area contributed by atoms with Gasteiger partial charge in [0.2, 0.25) is 0 Å². The van der Waals surface area contributed by atoms with Crippen LogP contribution in [0.3, 0.4) is 0 Å². The molecule has 0 aliphatic carbocycles. The van der Waals surface area contributed by atoms with Crippen LogP contribution in [-0.2, 0) is 9.59 Å². The molecule has 138 valence electrons. The zero-order valence-electron chi connectivity index (χ0n) is 14.8. The summed E-state index contributed by atoms with van der Waals surface area (Å²) in [5.74, 6) is 0.0703. The van der Waals surface area contributed by atoms with Gasteiger partial charge < -0.3 is 20.5 Å². The first-order valence-corrected chi connectivity index (χ1v) is 8.19. The van der Waals surface area contributed by atoms with Crippen LogP contribution in [0.15, 0.2) is 54.1 Å². The van der Waals surface area contributed by atoms with Crippen LogP contribution in [0.5, 0.6) is 11.5 Å². The van der Waals surface area contributed by atoms with Crippen LogP contribution in [0.25, 0.3) is 6.08 Å². The summed E-state index contributed by atoms with van der Waals surface area (Å²) in [6.07, 6.45) is 1.46. The molecule has 27 heavy (non-hydrogen) atoms. The normalized spacial score (nSPS) is 10.6. The number of hydrogen-bond acceptors (Lipinski definition) is 5. The predicted molar refractivity (Wildman–Crippen MR) is 101 cm³/mol. The number of ether oxygens (including phenoxy) is 2. The largest absolute Gasteiger partial charge is 0.494 e. The molecule has 0 spiro atoms. The molecule has 0 saturated heterocycles. The highest BCUT2D eigenvalue weighted by molar-refractivity contribution is 6.09. The number of nitrogens with two attached hydrogens (primary N) is 1. The summed E-state index contributed by atoms with van der Waals surface area (Å²) in [6.45, 7) is 2.22. The highest BCUT2D eigenvalue weighted by atomic mass is 16.5. The van der Waals surface area contributed by atoms with Gasteiger partial charge in [0.05, 0.1) is 6.61 Å². The highest BCUT2D eigenvalue weighted by Crippen LogP contribution is 2.18. The second kappa shape index (κ2) is 9.63. The Morgan fingerprint density at radius 1 is 1.07 bits per heavy atom. The maximum atomic E-state index is 12.3. The van der Waals surface area contributed by atoms with Crippen LogP contribution >= 0.6 is 0 Å². The van der Waals surface area contributed by atoms with E-state index in [0.29, 0.717) is 29.4 Å². The number of primary amides is 1. The second-order valence-corrected chi connectivity index (χ2v) is 5.41. The summed E-state index contributed by atoms with van der Waals surface area (Å²) in [4.78, 5) is 23.0. The van der Waals surface area contributed by atoms with E-state index in [-0.39, 0.29) is 12.2 Å². The quantitative estimate of drug-likeness (QED) is 0.551. The van der Waals surface area contributed by atoms with Crippen LogP contribution in [-0.4, -0.2) is 25.0 Å². The van der Waals surface area contributed by atoms with E-state index in [9.17, 15) is 14.9 Å². The molecule has 0 fully saturated rings. The molecule has 7 nitrogen and oxygen atoms in total. The Morgan fingerprint density at radius 2 is 1.67 bits per heavy atom. The van der Waals surface area contributed by atoms with Gasteiger partial charge in [0.1, 0.15) is 23.1 Å². The lowest BCUT2D eigenvalue weighted by Gasteiger charge is -2.07. The van der Waals surface area contributed by atoms with E-state index in [1.807, 2.05) is 13.0 Å². The van der Waals surface area contributed by atoms with Crippen molar-refractivity contribution in [2.45, 2.75) is 6.92 Å². The van der Waals surface area contributed by atoms with Crippen molar-refractivity contribution < 1.29 is 19.1 Å². The van der Waals surface area contributed by atoms with Crippen LogP contribution in [0.2, 0.25) is 0 Å². The molecule has 2 rings (SSSR count). The van der Waals surface area contributed by atoms with E-state index in [4.69, 9.17) is 15.2 Å². The molecule has 2 aromatic carbocycles. The zero-order chi connectivity index (χ0) is 19.6. The fraction of sp³-hybridized carbons (Fsp3) is 0.150. The number of nitrogens with zero attached hydrogens (tertiary/aromatic N) is 1. The van der Waals surface area contributed by atoms with Crippen molar-refractivity contribution in [1.29, 1.82) is 5.26 Å². The van der Waals surface area contributed by atoms with Gasteiger partial charge in [0.15, 0.2) is 6.61 Å². The van der Waals surface area contributed by atoms with Gasteiger partial charge in [-0.1, -0.05) is 12.1 Å². The molecule has 7 heteroatoms. The third-order valence-electron chi connectivity index (χ3n) is 3.36. The predicted octanol–water partition coefficient (Wildman–Crippen LogP) is 2.50. The maximum Gasteiger partial charge on any atom is 0.266 e. The fourth-order valence-corrected chi connectivity index (χ4v) is 2.13. The van der Waals surface area contributed by atoms with Gasteiger partial charge >= 0.3 is 0 Å². The van der Waals surface area contributed by atoms with Gasteiger partial charge in [-0.2, -0.15) is 5.26 Å². The molecule has 3 N–H and O–H groups in total. The lowest BCUT2D eigenvalue weighted by Crippen LogP contribution is -2.19. The SMILES string of the molecule is CCOc1ccc(NC(=O)/C(C#N)=C/c2ccc(OCC(N)=O)cc2)cc1. The molecule has 0 bridgehead atoms. The third-order valence-corrected chi connectivity index (χ3v) is 3.36. The summed E-state index contributed by atoms with van der Waals surface area (Å²) >= 11 is 0. The van der Waals surface area contributed by atoms with Crippen LogP contribution in [0, 0.1) is 11.3 Å². The van der Waals surface area contributed by atoms with Crippen LogP contribution in [0.1, 0.15) is 12.5 Å². The van der Waals surface area contributed by atoms with E-state index >= 15 is 0 Å². The Labute approximate surface area is 157 Å². The number of carbonyl (C=O) groups excluding carboxylic acids is 2. The Bertz CT molecular complexity index is 866. The van der Waals surface area contributed by atoms with Crippen LogP contribution < -0.4 is 20.5 Å². The lowest BCUT2D eigenvalue weighted by atomic mass is 10.1. The summed E-state index contributed by atoms with van der Waals surface area (Å²) in [5, 5.41) is 11.9. The average molecular weight is 365 g/mol. The van der Waals surface area contributed by atoms with E-state index < -0.39 is 11.8 Å². The number of amides is 2. The van der Waals surface area contributed by atoms with Gasteiger partial charge in [-0.25, -0.2) is 0 Å². The van der Waals surface area contributed by atoms with Gasteiger partial charge in [-0.15, -0.1) is 0 Å². The summed E-state index contributed by atoms with van der Waals surface area (Å²) in [5.41, 5.74) is 6.16. The van der Waals surface area contributed by atoms with Crippen molar-refractivity contribution in [3.05, 3.63) is 59.7 Å². The molecule has 0 aliphatic rings. The Hall–Kier alpha value is -3.79. The molecule has 0 heterocycles. The van der Waals surface area contributed by atoms with E-state index in [1.165, 1.54) is 6.08 Å². The minimum atomic E-state index is -0.573. The highest BCUT2D eigenvalue weighted by Gasteiger charge is 2.10. The minimum absolute atomic E-state index is 0.0466. The topological polar surface area (TPSA) is 114 Å². The Balaban J connectivity index is 2.05. The van der Waals surface area contributed by atoms with Crippen molar-refractivity contribution in [3.8, 4) is 17.6 Å². The molecule has 0 unspecified atom stereocenters. The van der Waals surface area contributed by atoms with Gasteiger partial charge in [-0.3, -0.25) is 9.59 Å². The molecule has 2 aromatic rings. The van der Waals surface area contributed by atoms with Gasteiger partial charge in [0.25, 0.3) is 11.8 Å². The third kappa shape index (κ3) is 6.21. The standard InChI is InChI=1S/C20H19N3O4/c1-2-26-17-9-5-16(6-10-17)23-20(25)15(12-21)11-14-3-7-18(8-4-14)27-13-19(22)24/h3-11H,2,13H2,1H3,(H2,22,24)(H,23,25)/b15-11+. The molecule has 0 saturated carbocycles. The summed E-state index contributed by atoms with van der Waals surface area (Å²) in [6, 6.07) is 15.3. The van der Waals surface area contributed by atoms with Crippen molar-refractivity contribution in [2.75, 3.05) is 18.5 Å². The maximum absolute atomic E-state index is 12.3. The van der Waals surface area contributed by atoms with E-state index in [1.54, 1.807) is 48.5 Å². The average Bonchev–Trinajstić information content (AvgIpc) is 2.67. The Morgan fingerprint density at radius 3 is 2.22 bits per heavy atom.